The first kappa shape index (κ1) is 13.0. The fourth-order valence-electron chi connectivity index (χ4n) is 1.99. The second-order valence-corrected chi connectivity index (χ2v) is 4.79. The molecule has 3 aromatic rings. The molecule has 0 aliphatic heterocycles. The van der Waals surface area contributed by atoms with Gasteiger partial charge in [0, 0.05) is 18.6 Å². The van der Waals surface area contributed by atoms with E-state index in [9.17, 15) is 13.2 Å². The van der Waals surface area contributed by atoms with Gasteiger partial charge in [0.2, 0.25) is 0 Å². The van der Waals surface area contributed by atoms with Gasteiger partial charge in [-0.2, -0.15) is 0 Å². The van der Waals surface area contributed by atoms with Crippen LogP contribution in [0.3, 0.4) is 0 Å². The lowest BCUT2D eigenvalue weighted by atomic mass is 10.1. The Kier molecular flexibility index (Phi) is 3.14. The molecular weight excluding hydrogens is 289 g/mol. The molecule has 0 aliphatic rings. The zero-order chi connectivity index (χ0) is 14.3. The Morgan fingerprint density at radius 3 is 2.60 bits per heavy atom. The summed E-state index contributed by atoms with van der Waals surface area (Å²) in [6.07, 6.45) is 0.153. The average Bonchev–Trinajstić information content (AvgIpc) is 2.75. The number of rotatable bonds is 2. The van der Waals surface area contributed by atoms with Crippen molar-refractivity contribution in [3.05, 3.63) is 64.2 Å². The van der Waals surface area contributed by atoms with E-state index in [1.165, 1.54) is 24.3 Å². The van der Waals surface area contributed by atoms with Gasteiger partial charge in [-0.3, -0.25) is 0 Å². The van der Waals surface area contributed by atoms with Crippen molar-refractivity contribution in [2.45, 2.75) is 6.42 Å². The molecule has 0 aliphatic carbocycles. The molecule has 0 atom stereocenters. The zero-order valence-corrected chi connectivity index (χ0v) is 10.8. The fraction of sp³-hybridized carbons (Fsp3) is 0.0714. The SMILES string of the molecule is Fc1ccc(Cc2nc3cc(Cl)c(F)cc3[nH]2)c(F)c1. The van der Waals surface area contributed by atoms with Crippen LogP contribution in [-0.2, 0) is 6.42 Å². The second-order valence-electron chi connectivity index (χ2n) is 4.38. The molecule has 1 aromatic heterocycles. The van der Waals surface area contributed by atoms with Crippen LogP contribution in [0.25, 0.3) is 11.0 Å². The maximum atomic E-state index is 13.6. The number of aromatic nitrogens is 2. The van der Waals surface area contributed by atoms with Crippen molar-refractivity contribution in [1.82, 2.24) is 9.97 Å². The van der Waals surface area contributed by atoms with E-state index in [0.29, 0.717) is 22.4 Å². The molecule has 0 amide bonds. The molecule has 1 N–H and O–H groups in total. The first-order valence-electron chi connectivity index (χ1n) is 5.80. The molecule has 2 aromatic carbocycles. The van der Waals surface area contributed by atoms with Gasteiger partial charge in [0.1, 0.15) is 23.3 Å². The van der Waals surface area contributed by atoms with Crippen molar-refractivity contribution in [2.75, 3.05) is 0 Å². The number of nitrogens with one attached hydrogen (secondary N) is 1. The molecule has 0 saturated carbocycles. The van der Waals surface area contributed by atoms with Crippen LogP contribution in [0.2, 0.25) is 5.02 Å². The van der Waals surface area contributed by atoms with Crippen molar-refractivity contribution in [3.8, 4) is 0 Å². The minimum absolute atomic E-state index is 0.0245. The summed E-state index contributed by atoms with van der Waals surface area (Å²) in [6.45, 7) is 0. The number of aromatic amines is 1. The molecule has 0 saturated heterocycles. The van der Waals surface area contributed by atoms with Crippen LogP contribution in [0, 0.1) is 17.5 Å². The predicted octanol–water partition coefficient (Wildman–Crippen LogP) is 4.22. The number of halogens is 4. The second kappa shape index (κ2) is 4.83. The summed E-state index contributed by atoms with van der Waals surface area (Å²) in [6, 6.07) is 5.97. The molecule has 20 heavy (non-hydrogen) atoms. The highest BCUT2D eigenvalue weighted by atomic mass is 35.5. The molecule has 0 radical (unpaired) electrons. The summed E-state index contributed by atoms with van der Waals surface area (Å²) in [5.41, 5.74) is 1.27. The van der Waals surface area contributed by atoms with Gasteiger partial charge in [0.25, 0.3) is 0 Å². The van der Waals surface area contributed by atoms with Gasteiger partial charge in [-0.25, -0.2) is 18.2 Å². The molecule has 1 heterocycles. The smallest absolute Gasteiger partial charge is 0.144 e. The number of H-pyrrole nitrogens is 1. The predicted molar refractivity (Wildman–Crippen MR) is 70.2 cm³/mol. The van der Waals surface area contributed by atoms with Gasteiger partial charge >= 0.3 is 0 Å². The van der Waals surface area contributed by atoms with Crippen molar-refractivity contribution in [3.63, 3.8) is 0 Å². The Balaban J connectivity index is 1.98. The van der Waals surface area contributed by atoms with Gasteiger partial charge in [-0.15, -0.1) is 0 Å². The van der Waals surface area contributed by atoms with Gasteiger partial charge < -0.3 is 4.98 Å². The van der Waals surface area contributed by atoms with E-state index in [4.69, 9.17) is 11.6 Å². The van der Waals surface area contributed by atoms with Gasteiger partial charge in [-0.1, -0.05) is 17.7 Å². The van der Waals surface area contributed by atoms with E-state index < -0.39 is 17.5 Å². The monoisotopic (exact) mass is 296 g/mol. The largest absolute Gasteiger partial charge is 0.342 e. The standard InChI is InChI=1S/C14H8ClF3N2/c15-9-5-12-13(6-11(9)18)20-14(19-12)3-7-1-2-8(16)4-10(7)17/h1-2,4-6H,3H2,(H,19,20). The van der Waals surface area contributed by atoms with Crippen LogP contribution < -0.4 is 0 Å². The molecule has 102 valence electrons. The van der Waals surface area contributed by atoms with Crippen molar-refractivity contribution >= 4 is 22.6 Å². The lowest BCUT2D eigenvalue weighted by molar-refractivity contribution is 0.574. The van der Waals surface area contributed by atoms with Crippen LogP contribution in [-0.4, -0.2) is 9.97 Å². The number of hydrogen-bond acceptors (Lipinski definition) is 1. The van der Waals surface area contributed by atoms with Gasteiger partial charge in [0.15, 0.2) is 0 Å². The molecule has 2 nitrogen and oxygen atoms in total. The molecule has 3 rings (SSSR count). The van der Waals surface area contributed by atoms with Crippen LogP contribution in [0.15, 0.2) is 30.3 Å². The van der Waals surface area contributed by atoms with E-state index in [2.05, 4.69) is 9.97 Å². The molecule has 0 spiro atoms. The normalized spacial score (nSPS) is 11.2. The summed E-state index contributed by atoms with van der Waals surface area (Å²) in [4.78, 5) is 7.09. The molecule has 0 unspecified atom stereocenters. The summed E-state index contributed by atoms with van der Waals surface area (Å²) >= 11 is 5.67. The molecule has 0 fully saturated rings. The minimum atomic E-state index is -0.644. The van der Waals surface area contributed by atoms with E-state index in [1.54, 1.807) is 0 Å². The van der Waals surface area contributed by atoms with Crippen LogP contribution >= 0.6 is 11.6 Å². The third kappa shape index (κ3) is 2.36. The zero-order valence-electron chi connectivity index (χ0n) is 10.1. The number of hydrogen-bond donors (Lipinski definition) is 1. The maximum absolute atomic E-state index is 13.6. The van der Waals surface area contributed by atoms with Crippen LogP contribution in [0.4, 0.5) is 13.2 Å². The summed E-state index contributed by atoms with van der Waals surface area (Å²) in [5.74, 6) is -1.38. The number of imidazole rings is 1. The van der Waals surface area contributed by atoms with Crippen molar-refractivity contribution in [2.24, 2.45) is 0 Å². The average molecular weight is 297 g/mol. The highest BCUT2D eigenvalue weighted by Crippen LogP contribution is 2.22. The molecule has 6 heteroatoms. The highest BCUT2D eigenvalue weighted by molar-refractivity contribution is 6.31. The lowest BCUT2D eigenvalue weighted by Gasteiger charge is -2.00. The van der Waals surface area contributed by atoms with Crippen molar-refractivity contribution in [1.29, 1.82) is 0 Å². The first-order valence-corrected chi connectivity index (χ1v) is 6.18. The van der Waals surface area contributed by atoms with Crippen LogP contribution in [0.5, 0.6) is 0 Å². The van der Waals surface area contributed by atoms with Gasteiger partial charge in [0.05, 0.1) is 16.1 Å². The Hall–Kier alpha value is -2.01. The Morgan fingerprint density at radius 2 is 1.85 bits per heavy atom. The molecular formula is C14H8ClF3N2. The Morgan fingerprint density at radius 1 is 1.05 bits per heavy atom. The van der Waals surface area contributed by atoms with E-state index >= 15 is 0 Å². The summed E-state index contributed by atoms with van der Waals surface area (Å²) in [5, 5.41) is -0.0245. The number of benzene rings is 2. The van der Waals surface area contributed by atoms with E-state index in [-0.39, 0.29) is 11.4 Å². The Bertz CT molecular complexity index is 759. The Labute approximate surface area is 117 Å². The third-order valence-electron chi connectivity index (χ3n) is 2.95. The van der Waals surface area contributed by atoms with Crippen molar-refractivity contribution < 1.29 is 13.2 Å². The van der Waals surface area contributed by atoms with Gasteiger partial charge in [-0.05, 0) is 17.7 Å². The highest BCUT2D eigenvalue weighted by Gasteiger charge is 2.10. The third-order valence-corrected chi connectivity index (χ3v) is 3.24. The molecule has 0 bridgehead atoms. The minimum Gasteiger partial charge on any atom is -0.342 e. The fourth-order valence-corrected chi connectivity index (χ4v) is 2.14. The summed E-state index contributed by atoms with van der Waals surface area (Å²) in [7, 11) is 0. The quantitative estimate of drug-likeness (QED) is 0.753. The van der Waals surface area contributed by atoms with Crippen LogP contribution in [0.1, 0.15) is 11.4 Å². The topological polar surface area (TPSA) is 28.7 Å². The number of fused-ring (bicyclic) bond motifs is 1. The maximum Gasteiger partial charge on any atom is 0.144 e. The van der Waals surface area contributed by atoms with E-state index in [0.717, 1.165) is 6.07 Å². The first-order chi connectivity index (χ1) is 9.52. The lowest BCUT2D eigenvalue weighted by Crippen LogP contribution is -1.95. The van der Waals surface area contributed by atoms with E-state index in [1.807, 2.05) is 0 Å². The number of nitrogens with zero attached hydrogens (tertiary/aromatic N) is 1. The summed E-state index contributed by atoms with van der Waals surface area (Å²) < 4.78 is 39.7.